The highest BCUT2D eigenvalue weighted by Gasteiger charge is 2.21. The van der Waals surface area contributed by atoms with Crippen molar-refractivity contribution in [1.82, 2.24) is 5.32 Å². The molecule has 0 saturated carbocycles. The summed E-state index contributed by atoms with van der Waals surface area (Å²) in [5.74, 6) is 4.55. The van der Waals surface area contributed by atoms with Crippen molar-refractivity contribution in [1.29, 1.82) is 0 Å². The molecule has 118 valence electrons. The van der Waals surface area contributed by atoms with Gasteiger partial charge in [-0.1, -0.05) is 13.0 Å². The van der Waals surface area contributed by atoms with Gasteiger partial charge in [0, 0.05) is 6.04 Å². The Morgan fingerprint density at radius 1 is 1.24 bits per heavy atom. The van der Waals surface area contributed by atoms with Gasteiger partial charge in [0.1, 0.15) is 5.75 Å². The quantitative estimate of drug-likeness (QED) is 0.836. The van der Waals surface area contributed by atoms with Gasteiger partial charge in [0.15, 0.2) is 0 Å². The summed E-state index contributed by atoms with van der Waals surface area (Å²) < 4.78 is 5.45. The van der Waals surface area contributed by atoms with Crippen molar-refractivity contribution in [3.8, 4) is 5.75 Å². The highest BCUT2D eigenvalue weighted by Crippen LogP contribution is 2.34. The number of ether oxygens (including phenoxy) is 1. The zero-order valence-corrected chi connectivity index (χ0v) is 14.7. The van der Waals surface area contributed by atoms with Crippen LogP contribution in [0, 0.1) is 19.8 Å². The van der Waals surface area contributed by atoms with Gasteiger partial charge >= 0.3 is 0 Å². The number of hydrogen-bond donors (Lipinski definition) is 1. The normalized spacial score (nSPS) is 17.7. The fourth-order valence-electron chi connectivity index (χ4n) is 3.29. The first-order chi connectivity index (χ1) is 10.2. The van der Waals surface area contributed by atoms with E-state index in [1.165, 1.54) is 47.5 Å². The minimum Gasteiger partial charge on any atom is -0.496 e. The lowest BCUT2D eigenvalue weighted by Gasteiger charge is -2.28. The van der Waals surface area contributed by atoms with Crippen molar-refractivity contribution in [2.24, 2.45) is 5.92 Å². The summed E-state index contributed by atoms with van der Waals surface area (Å²) in [4.78, 5) is 0. The molecule has 1 N–H and O–H groups in total. The van der Waals surface area contributed by atoms with E-state index in [9.17, 15) is 0 Å². The van der Waals surface area contributed by atoms with Crippen LogP contribution in [-0.4, -0.2) is 25.2 Å². The Kier molecular flexibility index (Phi) is 6.43. The second-order valence-corrected chi connectivity index (χ2v) is 7.30. The number of thioether (sulfide) groups is 1. The molecule has 0 aromatic heterocycles. The van der Waals surface area contributed by atoms with Crippen LogP contribution in [-0.2, 0) is 0 Å². The molecule has 2 nitrogen and oxygen atoms in total. The first kappa shape index (κ1) is 16.7. The largest absolute Gasteiger partial charge is 0.496 e. The highest BCUT2D eigenvalue weighted by atomic mass is 32.2. The van der Waals surface area contributed by atoms with E-state index in [1.807, 2.05) is 0 Å². The molecule has 1 aliphatic heterocycles. The highest BCUT2D eigenvalue weighted by molar-refractivity contribution is 7.99. The maximum atomic E-state index is 5.45. The third-order valence-corrected chi connectivity index (χ3v) is 5.57. The molecule has 0 radical (unpaired) electrons. The van der Waals surface area contributed by atoms with Crippen molar-refractivity contribution in [2.45, 2.75) is 46.1 Å². The number of aryl methyl sites for hydroxylation is 2. The molecule has 0 bridgehead atoms. The predicted octanol–water partition coefficient (Wildman–Crippen LogP) is 4.50. The first-order valence-electron chi connectivity index (χ1n) is 8.12. The van der Waals surface area contributed by atoms with E-state index < -0.39 is 0 Å². The summed E-state index contributed by atoms with van der Waals surface area (Å²) in [5, 5.41) is 3.70. The van der Waals surface area contributed by atoms with Crippen LogP contribution < -0.4 is 10.1 Å². The van der Waals surface area contributed by atoms with Crippen molar-refractivity contribution >= 4 is 11.8 Å². The van der Waals surface area contributed by atoms with E-state index in [4.69, 9.17) is 4.74 Å². The predicted molar refractivity (Wildman–Crippen MR) is 93.6 cm³/mol. The van der Waals surface area contributed by atoms with Gasteiger partial charge in [-0.25, -0.2) is 0 Å². The molecule has 1 aromatic rings. The summed E-state index contributed by atoms with van der Waals surface area (Å²) in [7, 11) is 1.75. The smallest absolute Gasteiger partial charge is 0.122 e. The van der Waals surface area contributed by atoms with E-state index in [0.29, 0.717) is 6.04 Å². The zero-order valence-electron chi connectivity index (χ0n) is 13.9. The summed E-state index contributed by atoms with van der Waals surface area (Å²) in [6.07, 6.45) is 4.02. The molecule has 0 amide bonds. The van der Waals surface area contributed by atoms with E-state index in [-0.39, 0.29) is 0 Å². The van der Waals surface area contributed by atoms with Gasteiger partial charge in [0.05, 0.1) is 7.11 Å². The van der Waals surface area contributed by atoms with E-state index >= 15 is 0 Å². The molecule has 0 spiro atoms. The second-order valence-electron chi connectivity index (χ2n) is 6.08. The Morgan fingerprint density at radius 3 is 2.57 bits per heavy atom. The maximum Gasteiger partial charge on any atom is 0.122 e. The topological polar surface area (TPSA) is 21.3 Å². The van der Waals surface area contributed by atoms with Gasteiger partial charge < -0.3 is 10.1 Å². The summed E-state index contributed by atoms with van der Waals surface area (Å²) >= 11 is 2.11. The molecule has 1 atom stereocenters. The summed E-state index contributed by atoms with van der Waals surface area (Å²) in [6.45, 7) is 7.58. The molecule has 1 aliphatic rings. The second kappa shape index (κ2) is 8.09. The molecule has 1 heterocycles. The van der Waals surface area contributed by atoms with Crippen LogP contribution in [0.2, 0.25) is 0 Å². The van der Waals surface area contributed by atoms with Gasteiger partial charge in [0.2, 0.25) is 0 Å². The SMILES string of the molecule is CCNC(CC1CCSCC1)c1cc(C)c(OC)cc1C. The standard InChI is InChI=1S/C18H29NOS/c1-5-19-17(12-15-6-8-21-9-7-15)16-10-14(3)18(20-4)11-13(16)2/h10-11,15,17,19H,5-9,12H2,1-4H3. The minimum atomic E-state index is 0.479. The molecule has 21 heavy (non-hydrogen) atoms. The lowest BCUT2D eigenvalue weighted by molar-refractivity contribution is 0.372. The van der Waals surface area contributed by atoms with Gasteiger partial charge in [0.25, 0.3) is 0 Å². The molecule has 3 heteroatoms. The van der Waals surface area contributed by atoms with Crippen LogP contribution in [0.5, 0.6) is 5.75 Å². The number of methoxy groups -OCH3 is 1. The van der Waals surface area contributed by atoms with E-state index in [1.54, 1.807) is 7.11 Å². The van der Waals surface area contributed by atoms with Gasteiger partial charge in [-0.2, -0.15) is 11.8 Å². The number of nitrogens with one attached hydrogen (secondary N) is 1. The van der Waals surface area contributed by atoms with Crippen LogP contribution >= 0.6 is 11.8 Å². The molecular weight excluding hydrogens is 278 g/mol. The van der Waals surface area contributed by atoms with Crippen LogP contribution in [0.15, 0.2) is 12.1 Å². The summed E-state index contributed by atoms with van der Waals surface area (Å²) in [5.41, 5.74) is 4.03. The fourth-order valence-corrected chi connectivity index (χ4v) is 4.49. The Hall–Kier alpha value is -0.670. The Balaban J connectivity index is 2.18. The average Bonchev–Trinajstić information content (AvgIpc) is 2.50. The molecule has 1 aromatic carbocycles. The third-order valence-electron chi connectivity index (χ3n) is 4.52. The zero-order chi connectivity index (χ0) is 15.2. The third kappa shape index (κ3) is 4.40. The number of benzene rings is 1. The Labute approximate surface area is 134 Å². The lowest BCUT2D eigenvalue weighted by atomic mass is 9.88. The van der Waals surface area contributed by atoms with Crippen LogP contribution in [0.4, 0.5) is 0 Å². The Bertz CT molecular complexity index is 455. The van der Waals surface area contributed by atoms with Gasteiger partial charge in [-0.3, -0.25) is 0 Å². The van der Waals surface area contributed by atoms with Crippen molar-refractivity contribution in [3.63, 3.8) is 0 Å². The molecular formula is C18H29NOS. The van der Waals surface area contributed by atoms with Crippen LogP contribution in [0.1, 0.15) is 48.9 Å². The Morgan fingerprint density at radius 2 is 1.95 bits per heavy atom. The van der Waals surface area contributed by atoms with Gasteiger partial charge in [-0.15, -0.1) is 0 Å². The van der Waals surface area contributed by atoms with Crippen molar-refractivity contribution < 1.29 is 4.74 Å². The molecule has 1 unspecified atom stereocenters. The summed E-state index contributed by atoms with van der Waals surface area (Å²) in [6, 6.07) is 4.98. The average molecular weight is 308 g/mol. The number of rotatable bonds is 6. The van der Waals surface area contributed by atoms with E-state index in [2.05, 4.69) is 50.0 Å². The van der Waals surface area contributed by atoms with Crippen LogP contribution in [0.3, 0.4) is 0 Å². The first-order valence-corrected chi connectivity index (χ1v) is 9.27. The lowest BCUT2D eigenvalue weighted by Crippen LogP contribution is -2.25. The fraction of sp³-hybridized carbons (Fsp3) is 0.667. The molecule has 0 aliphatic carbocycles. The van der Waals surface area contributed by atoms with Crippen molar-refractivity contribution in [3.05, 3.63) is 28.8 Å². The monoisotopic (exact) mass is 307 g/mol. The molecule has 1 fully saturated rings. The van der Waals surface area contributed by atoms with Gasteiger partial charge in [-0.05, 0) is 79.8 Å². The minimum absolute atomic E-state index is 0.479. The maximum absolute atomic E-state index is 5.45. The van der Waals surface area contributed by atoms with Crippen LogP contribution in [0.25, 0.3) is 0 Å². The van der Waals surface area contributed by atoms with E-state index in [0.717, 1.165) is 18.2 Å². The van der Waals surface area contributed by atoms with Crippen molar-refractivity contribution in [2.75, 3.05) is 25.2 Å². The molecule has 2 rings (SSSR count). The molecule has 1 saturated heterocycles. The number of hydrogen-bond acceptors (Lipinski definition) is 3.